The van der Waals surface area contributed by atoms with Gasteiger partial charge in [-0.25, -0.2) is 14.8 Å². The minimum absolute atomic E-state index is 0.247. The van der Waals surface area contributed by atoms with Crippen molar-refractivity contribution >= 4 is 22.8 Å². The summed E-state index contributed by atoms with van der Waals surface area (Å²) < 4.78 is 10.5. The van der Waals surface area contributed by atoms with Crippen LogP contribution in [0.5, 0.6) is 5.75 Å². The molecule has 0 radical (unpaired) electrons. The van der Waals surface area contributed by atoms with E-state index < -0.39 is 0 Å². The van der Waals surface area contributed by atoms with Crippen LogP contribution in [0, 0.1) is 0 Å². The zero-order valence-electron chi connectivity index (χ0n) is 17.4. The largest absolute Gasteiger partial charge is 0.497 e. The Balaban J connectivity index is 1.60. The van der Waals surface area contributed by atoms with Crippen LogP contribution in [0.4, 0.5) is 10.6 Å². The SMILES string of the molecule is CCOC(=O)N1CCN(c2nc(Cc3cccc(OC)c3)nc3ccccc23)CC1. The molecule has 1 aromatic heterocycles. The summed E-state index contributed by atoms with van der Waals surface area (Å²) in [6, 6.07) is 16.0. The summed E-state index contributed by atoms with van der Waals surface area (Å²) in [5.41, 5.74) is 2.02. The molecule has 0 N–H and O–H groups in total. The fourth-order valence-electron chi connectivity index (χ4n) is 3.71. The van der Waals surface area contributed by atoms with Crippen molar-refractivity contribution < 1.29 is 14.3 Å². The van der Waals surface area contributed by atoms with E-state index >= 15 is 0 Å². The maximum Gasteiger partial charge on any atom is 0.409 e. The highest BCUT2D eigenvalue weighted by molar-refractivity contribution is 5.89. The smallest absolute Gasteiger partial charge is 0.409 e. The van der Waals surface area contributed by atoms with Crippen molar-refractivity contribution in [3.63, 3.8) is 0 Å². The molecule has 1 aliphatic heterocycles. The lowest BCUT2D eigenvalue weighted by molar-refractivity contribution is 0.105. The lowest BCUT2D eigenvalue weighted by Gasteiger charge is -2.35. The van der Waals surface area contributed by atoms with Crippen LogP contribution in [-0.2, 0) is 11.2 Å². The minimum Gasteiger partial charge on any atom is -0.497 e. The maximum atomic E-state index is 12.0. The van der Waals surface area contributed by atoms with Crippen molar-refractivity contribution in [2.24, 2.45) is 0 Å². The highest BCUT2D eigenvalue weighted by Crippen LogP contribution is 2.26. The van der Waals surface area contributed by atoms with Crippen LogP contribution in [-0.4, -0.2) is 60.9 Å². The Morgan fingerprint density at radius 3 is 2.60 bits per heavy atom. The number of carbonyl (C=O) groups is 1. The molecule has 0 aliphatic carbocycles. The van der Waals surface area contributed by atoms with Crippen LogP contribution in [0.15, 0.2) is 48.5 Å². The van der Waals surface area contributed by atoms with Gasteiger partial charge in [0.15, 0.2) is 0 Å². The van der Waals surface area contributed by atoms with Gasteiger partial charge in [-0.05, 0) is 36.8 Å². The predicted octanol–water partition coefficient (Wildman–Crippen LogP) is 3.51. The zero-order chi connectivity index (χ0) is 20.9. The minimum atomic E-state index is -0.247. The molecular formula is C23H26N4O3. The summed E-state index contributed by atoms with van der Waals surface area (Å²) in [6.07, 6.45) is 0.376. The van der Waals surface area contributed by atoms with E-state index in [9.17, 15) is 4.79 Å². The number of carbonyl (C=O) groups excluding carboxylic acids is 1. The molecule has 3 aromatic rings. The molecule has 30 heavy (non-hydrogen) atoms. The number of amides is 1. The second kappa shape index (κ2) is 8.98. The monoisotopic (exact) mass is 406 g/mol. The van der Waals surface area contributed by atoms with E-state index in [0.29, 0.717) is 39.2 Å². The first kappa shape index (κ1) is 19.9. The van der Waals surface area contributed by atoms with E-state index in [2.05, 4.69) is 17.0 Å². The lowest BCUT2D eigenvalue weighted by Crippen LogP contribution is -2.49. The summed E-state index contributed by atoms with van der Waals surface area (Å²) in [7, 11) is 1.67. The molecule has 1 saturated heterocycles. The van der Waals surface area contributed by atoms with Gasteiger partial charge < -0.3 is 19.3 Å². The molecule has 1 aliphatic rings. The van der Waals surface area contributed by atoms with Gasteiger partial charge in [0.1, 0.15) is 17.4 Å². The Hall–Kier alpha value is -3.35. The van der Waals surface area contributed by atoms with E-state index in [0.717, 1.165) is 33.9 Å². The topological polar surface area (TPSA) is 67.8 Å². The fourth-order valence-corrected chi connectivity index (χ4v) is 3.71. The standard InChI is InChI=1S/C23H26N4O3/c1-3-30-23(28)27-13-11-26(12-14-27)22-19-9-4-5-10-20(19)24-21(25-22)16-17-7-6-8-18(15-17)29-2/h4-10,15H,3,11-14,16H2,1-2H3. The Labute approximate surface area is 176 Å². The van der Waals surface area contributed by atoms with E-state index in [1.807, 2.05) is 43.3 Å². The van der Waals surface area contributed by atoms with E-state index in [-0.39, 0.29) is 6.09 Å². The second-order valence-electron chi connectivity index (χ2n) is 7.18. The van der Waals surface area contributed by atoms with Crippen LogP contribution < -0.4 is 9.64 Å². The first-order valence-electron chi connectivity index (χ1n) is 10.2. The third-order valence-corrected chi connectivity index (χ3v) is 5.23. The number of hydrogen-bond acceptors (Lipinski definition) is 6. The Kier molecular flexibility index (Phi) is 5.97. The summed E-state index contributed by atoms with van der Waals surface area (Å²) in [5, 5.41) is 1.02. The summed E-state index contributed by atoms with van der Waals surface area (Å²) in [5.74, 6) is 2.51. The maximum absolute atomic E-state index is 12.0. The molecule has 0 atom stereocenters. The number of benzene rings is 2. The number of nitrogens with zero attached hydrogens (tertiary/aromatic N) is 4. The van der Waals surface area contributed by atoms with E-state index in [1.165, 1.54) is 0 Å². The van der Waals surface area contributed by atoms with Gasteiger partial charge in [-0.1, -0.05) is 24.3 Å². The number of fused-ring (bicyclic) bond motifs is 1. The molecule has 0 saturated carbocycles. The Bertz CT molecular complexity index is 1030. The van der Waals surface area contributed by atoms with Gasteiger partial charge in [-0.15, -0.1) is 0 Å². The van der Waals surface area contributed by atoms with Crippen LogP contribution in [0.2, 0.25) is 0 Å². The van der Waals surface area contributed by atoms with Crippen molar-refractivity contribution in [1.82, 2.24) is 14.9 Å². The Morgan fingerprint density at radius 1 is 1.03 bits per heavy atom. The van der Waals surface area contributed by atoms with Gasteiger partial charge in [0.25, 0.3) is 0 Å². The first-order chi connectivity index (χ1) is 14.7. The molecular weight excluding hydrogens is 380 g/mol. The third kappa shape index (κ3) is 4.30. The van der Waals surface area contributed by atoms with Crippen molar-refractivity contribution in [1.29, 1.82) is 0 Å². The van der Waals surface area contributed by atoms with Crippen molar-refractivity contribution in [3.05, 3.63) is 59.9 Å². The first-order valence-corrected chi connectivity index (χ1v) is 10.2. The molecule has 1 amide bonds. The quantitative estimate of drug-likeness (QED) is 0.646. The number of methoxy groups -OCH3 is 1. The van der Waals surface area contributed by atoms with Gasteiger partial charge in [0.05, 0.1) is 19.2 Å². The molecule has 7 heteroatoms. The number of rotatable bonds is 5. The number of ether oxygens (including phenoxy) is 2. The molecule has 0 unspecified atom stereocenters. The summed E-state index contributed by atoms with van der Waals surface area (Å²) in [6.45, 7) is 4.86. The van der Waals surface area contributed by atoms with Crippen LogP contribution >= 0.6 is 0 Å². The zero-order valence-corrected chi connectivity index (χ0v) is 17.4. The summed E-state index contributed by atoms with van der Waals surface area (Å²) >= 11 is 0. The van der Waals surface area contributed by atoms with Crippen LogP contribution in [0.1, 0.15) is 18.3 Å². The van der Waals surface area contributed by atoms with Gasteiger partial charge in [-0.2, -0.15) is 0 Å². The fraction of sp³-hybridized carbons (Fsp3) is 0.348. The Morgan fingerprint density at radius 2 is 1.83 bits per heavy atom. The molecule has 2 heterocycles. The van der Waals surface area contributed by atoms with Crippen LogP contribution in [0.3, 0.4) is 0 Å². The summed E-state index contributed by atoms with van der Waals surface area (Å²) in [4.78, 5) is 25.7. The molecule has 156 valence electrons. The molecule has 7 nitrogen and oxygen atoms in total. The average molecular weight is 406 g/mol. The number of anilines is 1. The molecule has 0 bridgehead atoms. The number of hydrogen-bond donors (Lipinski definition) is 0. The highest BCUT2D eigenvalue weighted by atomic mass is 16.6. The van der Waals surface area contributed by atoms with E-state index in [4.69, 9.17) is 19.4 Å². The lowest BCUT2D eigenvalue weighted by atomic mass is 10.1. The highest BCUT2D eigenvalue weighted by Gasteiger charge is 2.24. The molecule has 2 aromatic carbocycles. The van der Waals surface area contributed by atoms with E-state index in [1.54, 1.807) is 12.0 Å². The van der Waals surface area contributed by atoms with Crippen molar-refractivity contribution in [3.8, 4) is 5.75 Å². The van der Waals surface area contributed by atoms with Crippen molar-refractivity contribution in [2.75, 3.05) is 44.8 Å². The molecule has 4 rings (SSSR count). The van der Waals surface area contributed by atoms with Gasteiger partial charge >= 0.3 is 6.09 Å². The number of piperazine rings is 1. The van der Waals surface area contributed by atoms with Crippen molar-refractivity contribution in [2.45, 2.75) is 13.3 Å². The number of para-hydroxylation sites is 1. The van der Waals surface area contributed by atoms with Gasteiger partial charge in [0, 0.05) is 38.0 Å². The normalized spacial score (nSPS) is 14.1. The van der Waals surface area contributed by atoms with Crippen LogP contribution in [0.25, 0.3) is 10.9 Å². The third-order valence-electron chi connectivity index (χ3n) is 5.23. The average Bonchev–Trinajstić information content (AvgIpc) is 2.79. The molecule has 0 spiro atoms. The van der Waals surface area contributed by atoms with Gasteiger partial charge in [0.2, 0.25) is 0 Å². The predicted molar refractivity (Wildman–Crippen MR) is 116 cm³/mol. The molecule has 1 fully saturated rings. The second-order valence-corrected chi connectivity index (χ2v) is 7.18. The van der Waals surface area contributed by atoms with Gasteiger partial charge in [-0.3, -0.25) is 0 Å². The number of aromatic nitrogens is 2.